The number of thioether (sulfide) groups is 2. The fourth-order valence-corrected chi connectivity index (χ4v) is 6.17. The molecule has 198 valence electrons. The van der Waals surface area contributed by atoms with E-state index in [4.69, 9.17) is 33.9 Å². The predicted octanol–water partition coefficient (Wildman–Crippen LogP) is 5.62. The number of rotatable bonds is 15. The first-order chi connectivity index (χ1) is 16.0. The van der Waals surface area contributed by atoms with Crippen LogP contribution in [0.1, 0.15) is 68.2 Å². The number of esters is 2. The highest BCUT2D eigenvalue weighted by molar-refractivity contribution is 8.24. The van der Waals surface area contributed by atoms with Gasteiger partial charge in [0.1, 0.15) is 20.0 Å². The number of ether oxygens (including phenoxy) is 2. The lowest BCUT2D eigenvalue weighted by Crippen LogP contribution is -2.39. The van der Waals surface area contributed by atoms with Crippen molar-refractivity contribution in [3.63, 3.8) is 0 Å². The van der Waals surface area contributed by atoms with Gasteiger partial charge in [-0.05, 0) is 53.4 Å². The van der Waals surface area contributed by atoms with Gasteiger partial charge in [0, 0.05) is 31.9 Å². The summed E-state index contributed by atoms with van der Waals surface area (Å²) in [6.07, 6.45) is 1.04. The minimum Gasteiger partial charge on any atom is -0.465 e. The van der Waals surface area contributed by atoms with Crippen LogP contribution in [0.25, 0.3) is 0 Å². The largest absolute Gasteiger partial charge is 0.465 e. The summed E-state index contributed by atoms with van der Waals surface area (Å²) in [5.41, 5.74) is 0. The fraction of sp³-hybridized carbons (Fsp3) is 0.833. The maximum absolute atomic E-state index is 13.1. The molecule has 0 aromatic rings. The first kappa shape index (κ1) is 33.4. The second-order valence-electron chi connectivity index (χ2n) is 8.50. The van der Waals surface area contributed by atoms with E-state index in [9.17, 15) is 9.59 Å². The zero-order chi connectivity index (χ0) is 26.3. The summed E-state index contributed by atoms with van der Waals surface area (Å²) in [6.45, 7) is 19.8. The molecule has 34 heavy (non-hydrogen) atoms. The molecule has 0 aromatic heterocycles. The van der Waals surface area contributed by atoms with Gasteiger partial charge >= 0.3 is 11.9 Å². The van der Waals surface area contributed by atoms with E-state index in [1.54, 1.807) is 0 Å². The Kier molecular flexibility index (Phi) is 17.5. The van der Waals surface area contributed by atoms with Crippen LogP contribution in [0.4, 0.5) is 0 Å². The molecule has 6 nitrogen and oxygen atoms in total. The van der Waals surface area contributed by atoms with Crippen molar-refractivity contribution in [2.75, 3.05) is 45.1 Å². The Morgan fingerprint density at radius 2 is 1.41 bits per heavy atom. The highest BCUT2D eigenvalue weighted by Crippen LogP contribution is 2.34. The molecule has 10 heteroatoms. The summed E-state index contributed by atoms with van der Waals surface area (Å²) in [6, 6.07) is 0. The van der Waals surface area contributed by atoms with E-state index in [0.29, 0.717) is 22.9 Å². The summed E-state index contributed by atoms with van der Waals surface area (Å²) in [5.74, 6) is 0.172. The molecule has 0 fully saturated rings. The van der Waals surface area contributed by atoms with Gasteiger partial charge in [-0.15, -0.1) is 0 Å². The minimum absolute atomic E-state index is 0.152. The van der Waals surface area contributed by atoms with Crippen molar-refractivity contribution in [3.8, 4) is 0 Å². The van der Waals surface area contributed by atoms with E-state index in [-0.39, 0.29) is 37.0 Å². The summed E-state index contributed by atoms with van der Waals surface area (Å²) >= 11 is 13.9. The van der Waals surface area contributed by atoms with E-state index >= 15 is 0 Å². The molecular weight excluding hydrogens is 509 g/mol. The standard InChI is InChI=1S/C24H44N2O4S4/c1-9-25(10-2)22(31)33-17-16-30-21(28)24(8,34-23(32)26(11-3)12-4)14-13-15-29-20(27)19(7)18(5)6/h18-19H,9-17H2,1-8H3. The molecule has 0 aliphatic carbocycles. The molecule has 0 spiro atoms. The summed E-state index contributed by atoms with van der Waals surface area (Å²) in [7, 11) is 0. The van der Waals surface area contributed by atoms with Gasteiger partial charge in [-0.25, -0.2) is 0 Å². The summed E-state index contributed by atoms with van der Waals surface area (Å²) in [5, 5.41) is 0. The van der Waals surface area contributed by atoms with Crippen molar-refractivity contribution in [1.29, 1.82) is 0 Å². The molecule has 2 unspecified atom stereocenters. The SMILES string of the molecule is CCN(CC)C(=S)SCCOC(=O)C(C)(CCCOC(=O)C(C)C(C)C)SC(=S)N(CC)CC. The van der Waals surface area contributed by atoms with E-state index < -0.39 is 4.75 Å². The summed E-state index contributed by atoms with van der Waals surface area (Å²) < 4.78 is 11.7. The smallest absolute Gasteiger partial charge is 0.322 e. The number of carbonyl (C=O) groups is 2. The van der Waals surface area contributed by atoms with Crippen molar-refractivity contribution in [2.24, 2.45) is 11.8 Å². The Morgan fingerprint density at radius 3 is 1.91 bits per heavy atom. The third-order valence-electron chi connectivity index (χ3n) is 5.74. The molecular formula is C24H44N2O4S4. The number of carbonyl (C=O) groups excluding carboxylic acids is 2. The number of hydrogen-bond donors (Lipinski definition) is 0. The van der Waals surface area contributed by atoms with E-state index in [1.807, 2.05) is 46.4 Å². The fourth-order valence-electron chi connectivity index (χ4n) is 2.91. The van der Waals surface area contributed by atoms with Crippen molar-refractivity contribution < 1.29 is 19.1 Å². The molecule has 0 aromatic carbocycles. The van der Waals surface area contributed by atoms with E-state index in [0.717, 1.165) is 30.5 Å². The second-order valence-corrected chi connectivity index (χ2v) is 12.4. The van der Waals surface area contributed by atoms with Crippen LogP contribution >= 0.6 is 48.0 Å². The Labute approximate surface area is 226 Å². The van der Waals surface area contributed by atoms with Crippen molar-refractivity contribution in [3.05, 3.63) is 0 Å². The van der Waals surface area contributed by atoms with Crippen LogP contribution in [-0.2, 0) is 19.1 Å². The number of nitrogens with zero attached hydrogens (tertiary/aromatic N) is 2. The molecule has 0 rings (SSSR count). The van der Waals surface area contributed by atoms with Crippen molar-refractivity contribution in [1.82, 2.24) is 9.80 Å². The Balaban J connectivity index is 5.02. The van der Waals surface area contributed by atoms with Crippen LogP contribution in [0.2, 0.25) is 0 Å². The van der Waals surface area contributed by atoms with Crippen LogP contribution in [-0.4, -0.2) is 80.3 Å². The predicted molar refractivity (Wildman–Crippen MR) is 155 cm³/mol. The first-order valence-corrected chi connectivity index (χ1v) is 14.8. The van der Waals surface area contributed by atoms with Gasteiger partial charge < -0.3 is 19.3 Å². The van der Waals surface area contributed by atoms with Gasteiger partial charge in [0.2, 0.25) is 0 Å². The molecule has 0 radical (unpaired) electrons. The molecule has 0 aliphatic rings. The van der Waals surface area contributed by atoms with Crippen LogP contribution in [0, 0.1) is 11.8 Å². The van der Waals surface area contributed by atoms with Crippen LogP contribution in [0.5, 0.6) is 0 Å². The average Bonchev–Trinajstić information content (AvgIpc) is 2.80. The zero-order valence-electron chi connectivity index (χ0n) is 22.2. The maximum Gasteiger partial charge on any atom is 0.322 e. The van der Waals surface area contributed by atoms with Gasteiger partial charge in [-0.1, -0.05) is 68.7 Å². The lowest BCUT2D eigenvalue weighted by atomic mass is 9.98. The third kappa shape index (κ3) is 11.9. The van der Waals surface area contributed by atoms with Crippen molar-refractivity contribution in [2.45, 2.75) is 73.0 Å². The molecule has 0 heterocycles. The lowest BCUT2D eigenvalue weighted by Gasteiger charge is -2.31. The highest BCUT2D eigenvalue weighted by atomic mass is 32.2. The molecule has 0 saturated heterocycles. The second kappa shape index (κ2) is 17.8. The van der Waals surface area contributed by atoms with Gasteiger partial charge in [0.15, 0.2) is 0 Å². The maximum atomic E-state index is 13.1. The molecule has 0 saturated carbocycles. The summed E-state index contributed by atoms with van der Waals surface area (Å²) in [4.78, 5) is 29.4. The number of hydrogen-bond acceptors (Lipinski definition) is 8. The lowest BCUT2D eigenvalue weighted by molar-refractivity contribution is -0.149. The van der Waals surface area contributed by atoms with Gasteiger partial charge in [-0.2, -0.15) is 0 Å². The minimum atomic E-state index is -0.861. The average molecular weight is 553 g/mol. The van der Waals surface area contributed by atoms with Gasteiger partial charge in [-0.3, -0.25) is 9.59 Å². The van der Waals surface area contributed by atoms with E-state index in [2.05, 4.69) is 18.7 Å². The van der Waals surface area contributed by atoms with Gasteiger partial charge in [0.05, 0.1) is 12.5 Å². The molecule has 2 atom stereocenters. The number of thiocarbonyl (C=S) groups is 2. The van der Waals surface area contributed by atoms with Crippen molar-refractivity contribution >= 4 is 68.5 Å². The quantitative estimate of drug-likeness (QED) is 0.145. The Hall–Kier alpha value is -0.580. The zero-order valence-corrected chi connectivity index (χ0v) is 25.4. The first-order valence-electron chi connectivity index (χ1n) is 12.2. The normalized spacial score (nSPS) is 13.7. The van der Waals surface area contributed by atoms with E-state index in [1.165, 1.54) is 23.5 Å². The molecule has 0 aliphatic heterocycles. The molecule has 0 bridgehead atoms. The topological polar surface area (TPSA) is 59.1 Å². The Bertz CT molecular complexity index is 655. The highest BCUT2D eigenvalue weighted by Gasteiger charge is 2.37. The monoisotopic (exact) mass is 552 g/mol. The van der Waals surface area contributed by atoms with Crippen LogP contribution < -0.4 is 0 Å². The third-order valence-corrected chi connectivity index (χ3v) is 8.99. The molecule has 0 N–H and O–H groups in total. The van der Waals surface area contributed by atoms with Crippen LogP contribution in [0.3, 0.4) is 0 Å². The Morgan fingerprint density at radius 1 is 0.882 bits per heavy atom. The van der Waals surface area contributed by atoms with Crippen LogP contribution in [0.15, 0.2) is 0 Å². The van der Waals surface area contributed by atoms with Gasteiger partial charge in [0.25, 0.3) is 0 Å². The molecule has 0 amide bonds.